The Kier molecular flexibility index (Phi) is 7.98. The molecule has 2 atom stereocenters. The van der Waals surface area contributed by atoms with Crippen LogP contribution in [0.25, 0.3) is 11.4 Å². The van der Waals surface area contributed by atoms with Gasteiger partial charge in [-0.05, 0) is 36.8 Å². The average molecular weight is 437 g/mol. The van der Waals surface area contributed by atoms with Gasteiger partial charge in [0.25, 0.3) is 0 Å². The van der Waals surface area contributed by atoms with Gasteiger partial charge in [-0.2, -0.15) is 0 Å². The second kappa shape index (κ2) is 10.5. The minimum absolute atomic E-state index is 0.166. The summed E-state index contributed by atoms with van der Waals surface area (Å²) in [7, 11) is 1.69. The molecule has 0 bridgehead atoms. The zero-order valence-electron chi connectivity index (χ0n) is 17.3. The summed E-state index contributed by atoms with van der Waals surface area (Å²) in [5.74, 6) is 2.36. The molecule has 1 aliphatic rings. The molecule has 1 fully saturated rings. The molecule has 29 heavy (non-hydrogen) atoms. The zero-order chi connectivity index (χ0) is 20.8. The van der Waals surface area contributed by atoms with E-state index < -0.39 is 0 Å². The second-order valence-electron chi connectivity index (χ2n) is 7.82. The van der Waals surface area contributed by atoms with Crippen LogP contribution in [-0.2, 0) is 16.1 Å². The lowest BCUT2D eigenvalue weighted by atomic mass is 9.92. The molecule has 0 N–H and O–H groups in total. The number of thioether (sulfide) groups is 1. The van der Waals surface area contributed by atoms with Gasteiger partial charge in [0.2, 0.25) is 5.91 Å². The lowest BCUT2D eigenvalue weighted by molar-refractivity contribution is -0.130. The Bertz CT molecular complexity index is 819. The van der Waals surface area contributed by atoms with Crippen molar-refractivity contribution in [3.05, 3.63) is 29.3 Å². The van der Waals surface area contributed by atoms with Crippen LogP contribution in [0.3, 0.4) is 0 Å². The van der Waals surface area contributed by atoms with Crippen LogP contribution < -0.4 is 0 Å². The summed E-state index contributed by atoms with van der Waals surface area (Å²) in [5, 5.41) is 10.1. The molecular formula is C21H29ClN4O2S. The van der Waals surface area contributed by atoms with Gasteiger partial charge in [0.05, 0.1) is 10.8 Å². The highest BCUT2D eigenvalue weighted by atomic mass is 35.5. The summed E-state index contributed by atoms with van der Waals surface area (Å²) in [6, 6.07) is 7.62. The zero-order valence-corrected chi connectivity index (χ0v) is 18.9. The van der Waals surface area contributed by atoms with Crippen molar-refractivity contribution in [2.24, 2.45) is 11.8 Å². The molecule has 1 amide bonds. The van der Waals surface area contributed by atoms with E-state index in [1.807, 2.05) is 33.7 Å². The molecule has 158 valence electrons. The molecule has 1 aliphatic heterocycles. The van der Waals surface area contributed by atoms with Crippen LogP contribution in [0.5, 0.6) is 0 Å². The van der Waals surface area contributed by atoms with E-state index in [0.29, 0.717) is 35.8 Å². The number of piperidine rings is 1. The maximum absolute atomic E-state index is 12.8. The van der Waals surface area contributed by atoms with Gasteiger partial charge in [0, 0.05) is 38.9 Å². The molecule has 0 aliphatic carbocycles. The Morgan fingerprint density at radius 1 is 1.24 bits per heavy atom. The van der Waals surface area contributed by atoms with E-state index in [4.69, 9.17) is 16.3 Å². The highest BCUT2D eigenvalue weighted by Gasteiger charge is 2.26. The number of halogens is 1. The third kappa shape index (κ3) is 5.74. The topological polar surface area (TPSA) is 60.2 Å². The standard InChI is InChI=1S/C21H29ClN4O2S/c1-15-11-16(2)13-25(12-15)19(27)14-29-21-24-23-20(26(21)9-6-10-28-3)17-7-4-5-8-18(17)22/h4-5,7-8,15-16H,6,9-14H2,1-3H3. The fraction of sp³-hybridized carbons (Fsp3) is 0.571. The Labute approximate surface area is 182 Å². The lowest BCUT2D eigenvalue weighted by Crippen LogP contribution is -2.43. The van der Waals surface area contributed by atoms with Gasteiger partial charge in [-0.15, -0.1) is 10.2 Å². The number of rotatable bonds is 8. The third-order valence-corrected chi connectivity index (χ3v) is 6.39. The smallest absolute Gasteiger partial charge is 0.233 e. The molecule has 0 radical (unpaired) electrons. The maximum Gasteiger partial charge on any atom is 0.233 e. The van der Waals surface area contributed by atoms with Crippen molar-refractivity contribution in [2.45, 2.75) is 38.4 Å². The number of methoxy groups -OCH3 is 1. The van der Waals surface area contributed by atoms with E-state index in [1.165, 1.54) is 18.2 Å². The fourth-order valence-electron chi connectivity index (χ4n) is 3.89. The summed E-state index contributed by atoms with van der Waals surface area (Å²) in [4.78, 5) is 14.8. The van der Waals surface area contributed by atoms with Crippen LogP contribution in [-0.4, -0.2) is 58.1 Å². The molecule has 1 saturated heterocycles. The first-order valence-corrected chi connectivity index (χ1v) is 11.4. The number of hydrogen-bond acceptors (Lipinski definition) is 5. The van der Waals surface area contributed by atoms with Gasteiger partial charge in [-0.1, -0.05) is 49.3 Å². The monoisotopic (exact) mass is 436 g/mol. The fourth-order valence-corrected chi connectivity index (χ4v) is 4.98. The Hall–Kier alpha value is -1.57. The SMILES string of the molecule is COCCCn1c(SCC(=O)N2CC(C)CC(C)C2)nnc1-c1ccccc1Cl. The Morgan fingerprint density at radius 3 is 2.66 bits per heavy atom. The van der Waals surface area contributed by atoms with Crippen molar-refractivity contribution >= 4 is 29.3 Å². The third-order valence-electron chi connectivity index (χ3n) is 5.11. The van der Waals surface area contributed by atoms with Crippen molar-refractivity contribution < 1.29 is 9.53 Å². The molecule has 0 saturated carbocycles. The van der Waals surface area contributed by atoms with Gasteiger partial charge >= 0.3 is 0 Å². The van der Waals surface area contributed by atoms with Crippen LogP contribution in [0.2, 0.25) is 5.02 Å². The Balaban J connectivity index is 1.74. The molecule has 0 spiro atoms. The summed E-state index contributed by atoms with van der Waals surface area (Å²) in [6.07, 6.45) is 2.01. The molecule has 2 unspecified atom stereocenters. The highest BCUT2D eigenvalue weighted by Crippen LogP contribution is 2.30. The van der Waals surface area contributed by atoms with Crippen molar-refractivity contribution in [3.8, 4) is 11.4 Å². The van der Waals surface area contributed by atoms with Crippen LogP contribution >= 0.6 is 23.4 Å². The first-order chi connectivity index (χ1) is 14.0. The van der Waals surface area contributed by atoms with E-state index in [2.05, 4.69) is 24.0 Å². The molecule has 2 heterocycles. The molecular weight excluding hydrogens is 408 g/mol. The molecule has 1 aromatic carbocycles. The van der Waals surface area contributed by atoms with Crippen molar-refractivity contribution in [1.29, 1.82) is 0 Å². The number of hydrogen-bond donors (Lipinski definition) is 0. The van der Waals surface area contributed by atoms with Crippen molar-refractivity contribution in [1.82, 2.24) is 19.7 Å². The lowest BCUT2D eigenvalue weighted by Gasteiger charge is -2.35. The molecule has 1 aromatic heterocycles. The van der Waals surface area contributed by atoms with Crippen LogP contribution in [0.4, 0.5) is 0 Å². The number of carbonyl (C=O) groups excluding carboxylic acids is 1. The van der Waals surface area contributed by atoms with E-state index in [-0.39, 0.29) is 5.91 Å². The summed E-state index contributed by atoms with van der Waals surface area (Å²) >= 11 is 7.83. The predicted octanol–water partition coefficient (Wildman–Crippen LogP) is 4.23. The molecule has 3 rings (SSSR count). The number of benzene rings is 1. The second-order valence-corrected chi connectivity index (χ2v) is 9.17. The Morgan fingerprint density at radius 2 is 1.97 bits per heavy atom. The van der Waals surface area contributed by atoms with Gasteiger partial charge < -0.3 is 14.2 Å². The number of likely N-dealkylation sites (tertiary alicyclic amines) is 1. The average Bonchev–Trinajstić information content (AvgIpc) is 3.08. The minimum atomic E-state index is 0.166. The summed E-state index contributed by atoms with van der Waals surface area (Å²) in [6.45, 7) is 7.46. The normalized spacial score (nSPS) is 19.5. The number of carbonyl (C=O) groups is 1. The van der Waals surface area contributed by atoms with Gasteiger partial charge in [0.15, 0.2) is 11.0 Å². The molecule has 8 heteroatoms. The summed E-state index contributed by atoms with van der Waals surface area (Å²) in [5.41, 5.74) is 0.843. The number of aromatic nitrogens is 3. The van der Waals surface area contributed by atoms with E-state index in [9.17, 15) is 4.79 Å². The van der Waals surface area contributed by atoms with Gasteiger partial charge in [-0.25, -0.2) is 0 Å². The highest BCUT2D eigenvalue weighted by molar-refractivity contribution is 7.99. The largest absolute Gasteiger partial charge is 0.385 e. The van der Waals surface area contributed by atoms with Crippen molar-refractivity contribution in [2.75, 3.05) is 32.6 Å². The van der Waals surface area contributed by atoms with Gasteiger partial charge in [-0.3, -0.25) is 4.79 Å². The van der Waals surface area contributed by atoms with Crippen LogP contribution in [0.1, 0.15) is 26.7 Å². The van der Waals surface area contributed by atoms with E-state index in [1.54, 1.807) is 7.11 Å². The van der Waals surface area contributed by atoms with E-state index in [0.717, 1.165) is 36.1 Å². The van der Waals surface area contributed by atoms with Crippen molar-refractivity contribution in [3.63, 3.8) is 0 Å². The number of ether oxygens (including phenoxy) is 1. The number of nitrogens with zero attached hydrogens (tertiary/aromatic N) is 4. The minimum Gasteiger partial charge on any atom is -0.385 e. The molecule has 2 aromatic rings. The predicted molar refractivity (Wildman–Crippen MR) is 117 cm³/mol. The quantitative estimate of drug-likeness (QED) is 0.457. The summed E-state index contributed by atoms with van der Waals surface area (Å²) < 4.78 is 7.24. The maximum atomic E-state index is 12.8. The van der Waals surface area contributed by atoms with Crippen LogP contribution in [0.15, 0.2) is 29.4 Å². The first-order valence-electron chi connectivity index (χ1n) is 10.1. The molecule has 6 nitrogen and oxygen atoms in total. The van der Waals surface area contributed by atoms with Crippen LogP contribution in [0, 0.1) is 11.8 Å². The van der Waals surface area contributed by atoms with E-state index >= 15 is 0 Å². The first kappa shape index (κ1) is 22.1. The van der Waals surface area contributed by atoms with Gasteiger partial charge in [0.1, 0.15) is 0 Å². The number of amides is 1.